The lowest BCUT2D eigenvalue weighted by Gasteiger charge is -2.07. The van der Waals surface area contributed by atoms with Crippen LogP contribution in [0.25, 0.3) is 0 Å². The van der Waals surface area contributed by atoms with Crippen LogP contribution in [0.2, 0.25) is 0 Å². The van der Waals surface area contributed by atoms with Gasteiger partial charge >= 0.3 is 0 Å². The predicted octanol–water partition coefficient (Wildman–Crippen LogP) is -0.829. The van der Waals surface area contributed by atoms with E-state index >= 15 is 0 Å². The van der Waals surface area contributed by atoms with Gasteiger partial charge in [0, 0.05) is 0 Å². The highest BCUT2D eigenvalue weighted by molar-refractivity contribution is 4.71. The van der Waals surface area contributed by atoms with E-state index in [1.165, 1.54) is 0 Å². The van der Waals surface area contributed by atoms with Gasteiger partial charge in [0.1, 0.15) is 0 Å². The topological polar surface area (TPSA) is 113 Å². The minimum Gasteiger partial charge on any atom is -0.394 e. The molecule has 2 atom stereocenters. The summed E-state index contributed by atoms with van der Waals surface area (Å²) >= 11 is 0. The van der Waals surface area contributed by atoms with Crippen molar-refractivity contribution in [2.75, 3.05) is 13.2 Å². The van der Waals surface area contributed by atoms with Gasteiger partial charge in [-0.2, -0.15) is 0 Å². The Hall–Kier alpha value is -0.920. The predicted molar refractivity (Wildman–Crippen MR) is 40.8 cm³/mol. The summed E-state index contributed by atoms with van der Waals surface area (Å²) in [6.45, 7) is 0.160. The Kier molecular flexibility index (Phi) is 6.11. The van der Waals surface area contributed by atoms with Gasteiger partial charge < -0.3 is 20.2 Å². The molecule has 7 heteroatoms. The summed E-state index contributed by atoms with van der Waals surface area (Å²) in [5.74, 6) is 0. The number of hydrogen-bond donors (Lipinski definition) is 3. The summed E-state index contributed by atoms with van der Waals surface area (Å²) in [6.07, 6.45) is 1.70. The van der Waals surface area contributed by atoms with Crippen molar-refractivity contribution < 1.29 is 25.2 Å². The smallest absolute Gasteiger partial charge is 0.291 e. The average molecular weight is 195 g/mol. The van der Waals surface area contributed by atoms with Crippen LogP contribution in [0.15, 0.2) is 0 Å². The van der Waals surface area contributed by atoms with Gasteiger partial charge in [0.15, 0.2) is 0 Å². The fourth-order valence-corrected chi connectivity index (χ4v) is 1.05. The molecule has 0 aromatic carbocycles. The van der Waals surface area contributed by atoms with Crippen LogP contribution in [0.4, 0.5) is 0 Å². The van der Waals surface area contributed by atoms with Gasteiger partial charge in [-0.15, -0.1) is 10.1 Å². The molecular formula is C6H13NO6. The maximum atomic E-state index is 8.57. The number of aliphatic hydroxyl groups excluding tert-OH is 2. The van der Waals surface area contributed by atoms with Crippen molar-refractivity contribution in [1.29, 1.82) is 0 Å². The van der Waals surface area contributed by atoms with Crippen molar-refractivity contribution in [3.63, 3.8) is 0 Å². The van der Waals surface area contributed by atoms with Crippen molar-refractivity contribution in [3.8, 4) is 0 Å². The van der Waals surface area contributed by atoms with E-state index < -0.39 is 5.09 Å². The highest BCUT2D eigenvalue weighted by Crippen LogP contribution is 2.17. The van der Waals surface area contributed by atoms with Gasteiger partial charge in [0.05, 0.1) is 25.4 Å². The average Bonchev–Trinajstić information content (AvgIpc) is 2.50. The second-order valence-electron chi connectivity index (χ2n) is 2.56. The van der Waals surface area contributed by atoms with Crippen LogP contribution in [0, 0.1) is 10.1 Å². The van der Waals surface area contributed by atoms with Crippen molar-refractivity contribution in [2.24, 2.45) is 0 Å². The van der Waals surface area contributed by atoms with Crippen LogP contribution < -0.4 is 0 Å². The highest BCUT2D eigenvalue weighted by Gasteiger charge is 2.23. The van der Waals surface area contributed by atoms with E-state index in [9.17, 15) is 0 Å². The third kappa shape index (κ3) is 6.26. The Morgan fingerprint density at radius 2 is 1.62 bits per heavy atom. The van der Waals surface area contributed by atoms with Crippen LogP contribution in [0.3, 0.4) is 0 Å². The van der Waals surface area contributed by atoms with Gasteiger partial charge in [-0.05, 0) is 12.8 Å². The first-order valence-corrected chi connectivity index (χ1v) is 3.80. The summed E-state index contributed by atoms with van der Waals surface area (Å²) < 4.78 is 5.16. The molecule has 0 aliphatic carbocycles. The monoisotopic (exact) mass is 195 g/mol. The second-order valence-corrected chi connectivity index (χ2v) is 2.56. The summed E-state index contributed by atoms with van der Waals surface area (Å²) in [5.41, 5.74) is 0. The third-order valence-corrected chi connectivity index (χ3v) is 1.60. The standard InChI is InChI=1S/C6H12O3.HNO3/c7-3-5-1-2-6(4-8)9-5;2-1(3)4/h5-8H,1-4H2;(H,2,3,4). The first-order chi connectivity index (χ1) is 6.10. The SMILES string of the molecule is O=[N+]([O-])O.OCC1CCC(CO)O1. The minimum absolute atomic E-state index is 0.0258. The number of hydrogen-bond acceptors (Lipinski definition) is 5. The van der Waals surface area contributed by atoms with Crippen LogP contribution in [-0.4, -0.2) is 45.9 Å². The van der Waals surface area contributed by atoms with Crippen LogP contribution in [0.5, 0.6) is 0 Å². The molecule has 0 amide bonds. The maximum absolute atomic E-state index is 8.57. The maximum Gasteiger partial charge on any atom is 0.291 e. The zero-order valence-electron chi connectivity index (χ0n) is 7.00. The van der Waals surface area contributed by atoms with Crippen molar-refractivity contribution in [1.82, 2.24) is 0 Å². The Morgan fingerprint density at radius 1 is 1.31 bits per heavy atom. The lowest BCUT2D eigenvalue weighted by Crippen LogP contribution is -2.16. The van der Waals surface area contributed by atoms with Gasteiger partial charge in [-0.1, -0.05) is 0 Å². The van der Waals surface area contributed by atoms with E-state index in [0.717, 1.165) is 12.8 Å². The summed E-state index contributed by atoms with van der Waals surface area (Å²) in [4.78, 5) is 8.36. The number of nitrogens with zero attached hydrogens (tertiary/aromatic N) is 1. The molecule has 0 aromatic rings. The summed E-state index contributed by atoms with van der Waals surface area (Å²) in [7, 11) is 0. The zero-order valence-corrected chi connectivity index (χ0v) is 7.00. The molecule has 3 N–H and O–H groups in total. The molecule has 0 bridgehead atoms. The molecule has 0 radical (unpaired) electrons. The van der Waals surface area contributed by atoms with Crippen molar-refractivity contribution in [2.45, 2.75) is 25.0 Å². The lowest BCUT2D eigenvalue weighted by molar-refractivity contribution is -0.742. The molecule has 1 aliphatic heterocycles. The zero-order chi connectivity index (χ0) is 10.3. The fraction of sp³-hybridized carbons (Fsp3) is 1.00. The van der Waals surface area contributed by atoms with Gasteiger partial charge in [0.2, 0.25) is 0 Å². The van der Waals surface area contributed by atoms with E-state index in [0.29, 0.717) is 0 Å². The Bertz CT molecular complexity index is 138. The fourth-order valence-electron chi connectivity index (χ4n) is 1.05. The largest absolute Gasteiger partial charge is 0.394 e. The number of aliphatic hydroxyl groups is 2. The normalized spacial score (nSPS) is 26.3. The molecule has 1 fully saturated rings. The number of rotatable bonds is 2. The van der Waals surface area contributed by atoms with E-state index in [-0.39, 0.29) is 25.4 Å². The molecule has 78 valence electrons. The molecule has 0 spiro atoms. The van der Waals surface area contributed by atoms with Gasteiger partial charge in [-0.25, -0.2) is 0 Å². The Labute approximate surface area is 74.7 Å². The molecule has 1 heterocycles. The molecule has 1 aliphatic rings. The Balaban J connectivity index is 0.000000310. The van der Waals surface area contributed by atoms with E-state index in [1.807, 2.05) is 0 Å². The van der Waals surface area contributed by atoms with Gasteiger partial charge in [0.25, 0.3) is 5.09 Å². The summed E-state index contributed by atoms with van der Waals surface area (Å²) in [6, 6.07) is 0. The molecule has 2 unspecified atom stereocenters. The summed E-state index contributed by atoms with van der Waals surface area (Å²) in [5, 5.41) is 30.8. The van der Waals surface area contributed by atoms with E-state index in [4.69, 9.17) is 30.3 Å². The number of ether oxygens (including phenoxy) is 1. The molecule has 0 aromatic heterocycles. The van der Waals surface area contributed by atoms with Gasteiger partial charge in [-0.3, -0.25) is 0 Å². The first kappa shape index (κ1) is 12.1. The molecular weight excluding hydrogens is 182 g/mol. The molecule has 1 saturated heterocycles. The third-order valence-electron chi connectivity index (χ3n) is 1.60. The van der Waals surface area contributed by atoms with Crippen molar-refractivity contribution in [3.05, 3.63) is 10.1 Å². The van der Waals surface area contributed by atoms with Crippen LogP contribution in [-0.2, 0) is 4.74 Å². The first-order valence-electron chi connectivity index (χ1n) is 3.80. The molecule has 13 heavy (non-hydrogen) atoms. The van der Waals surface area contributed by atoms with E-state index in [1.54, 1.807) is 0 Å². The molecule has 0 saturated carbocycles. The quantitative estimate of drug-likeness (QED) is 0.391. The minimum atomic E-state index is -1.50. The molecule has 7 nitrogen and oxygen atoms in total. The van der Waals surface area contributed by atoms with Crippen LogP contribution >= 0.6 is 0 Å². The second kappa shape index (κ2) is 6.58. The van der Waals surface area contributed by atoms with E-state index in [2.05, 4.69) is 0 Å². The lowest BCUT2D eigenvalue weighted by atomic mass is 10.2. The Morgan fingerprint density at radius 3 is 1.77 bits per heavy atom. The van der Waals surface area contributed by atoms with Crippen LogP contribution in [0.1, 0.15) is 12.8 Å². The van der Waals surface area contributed by atoms with Crippen molar-refractivity contribution >= 4 is 0 Å². The molecule has 1 rings (SSSR count). The highest BCUT2D eigenvalue weighted by atomic mass is 16.9.